The predicted octanol–water partition coefficient (Wildman–Crippen LogP) is 3.73. The summed E-state index contributed by atoms with van der Waals surface area (Å²) >= 11 is 0. The first kappa shape index (κ1) is 12.7. The summed E-state index contributed by atoms with van der Waals surface area (Å²) in [7, 11) is 0. The lowest BCUT2D eigenvalue weighted by Crippen LogP contribution is -2.10. The minimum absolute atomic E-state index is 0.645. The Morgan fingerprint density at radius 3 is 2.55 bits per heavy atom. The molecule has 3 aromatic rings. The van der Waals surface area contributed by atoms with E-state index in [4.69, 9.17) is 4.74 Å². The van der Waals surface area contributed by atoms with E-state index >= 15 is 0 Å². The van der Waals surface area contributed by atoms with Gasteiger partial charge in [-0.05, 0) is 38.1 Å². The first-order valence-electron chi connectivity index (χ1n) is 6.85. The monoisotopic (exact) mass is 266 g/mol. The zero-order chi connectivity index (χ0) is 13.9. The molecule has 0 aliphatic heterocycles. The number of fused-ring (bicyclic) bond motifs is 1. The van der Waals surface area contributed by atoms with Crippen LogP contribution in [0.25, 0.3) is 10.9 Å². The number of hydrogen-bond acceptors (Lipinski definition) is 2. The van der Waals surface area contributed by atoms with Gasteiger partial charge in [-0.15, -0.1) is 0 Å². The third kappa shape index (κ3) is 2.39. The highest BCUT2D eigenvalue weighted by Crippen LogP contribution is 2.22. The van der Waals surface area contributed by atoms with Gasteiger partial charge in [0.2, 0.25) is 0 Å². The summed E-state index contributed by atoms with van der Waals surface area (Å²) in [5, 5.41) is 1.11. The van der Waals surface area contributed by atoms with Crippen LogP contribution in [0.1, 0.15) is 11.4 Å². The van der Waals surface area contributed by atoms with Gasteiger partial charge in [-0.3, -0.25) is 4.98 Å². The third-order valence-corrected chi connectivity index (χ3v) is 3.59. The Kier molecular flexibility index (Phi) is 3.42. The van der Waals surface area contributed by atoms with Crippen molar-refractivity contribution in [3.8, 4) is 5.75 Å². The van der Waals surface area contributed by atoms with Gasteiger partial charge in [0.25, 0.3) is 0 Å². The maximum Gasteiger partial charge on any atom is 0.145 e. The fourth-order valence-corrected chi connectivity index (χ4v) is 2.49. The Balaban J connectivity index is 1.75. The Hall–Kier alpha value is -2.29. The molecule has 3 heteroatoms. The average Bonchev–Trinajstić information content (AvgIpc) is 2.79. The van der Waals surface area contributed by atoms with E-state index in [2.05, 4.69) is 47.7 Å². The van der Waals surface area contributed by atoms with Crippen molar-refractivity contribution in [3.05, 3.63) is 60.0 Å². The summed E-state index contributed by atoms with van der Waals surface area (Å²) in [5.41, 5.74) is 3.46. The highest BCUT2D eigenvalue weighted by molar-refractivity contribution is 5.84. The first-order chi connectivity index (χ1) is 9.75. The molecule has 0 spiro atoms. The van der Waals surface area contributed by atoms with E-state index in [-0.39, 0.29) is 0 Å². The van der Waals surface area contributed by atoms with Crippen LogP contribution in [0, 0.1) is 13.8 Å². The number of nitrogens with zero attached hydrogens (tertiary/aromatic N) is 2. The molecular formula is C17H18N2O. The largest absolute Gasteiger partial charge is 0.489 e. The number of benzene rings is 1. The summed E-state index contributed by atoms with van der Waals surface area (Å²) in [5.74, 6) is 0.852. The molecule has 2 heterocycles. The molecule has 0 N–H and O–H groups in total. The van der Waals surface area contributed by atoms with E-state index in [9.17, 15) is 0 Å². The minimum Gasteiger partial charge on any atom is -0.489 e. The summed E-state index contributed by atoms with van der Waals surface area (Å²) in [6.07, 6.45) is 1.80. The van der Waals surface area contributed by atoms with Crippen LogP contribution in [-0.4, -0.2) is 16.2 Å². The van der Waals surface area contributed by atoms with Crippen LogP contribution >= 0.6 is 0 Å². The van der Waals surface area contributed by atoms with E-state index in [1.54, 1.807) is 6.20 Å². The molecule has 0 unspecified atom stereocenters. The summed E-state index contributed by atoms with van der Waals surface area (Å²) < 4.78 is 8.18. The summed E-state index contributed by atoms with van der Waals surface area (Å²) in [4.78, 5) is 4.40. The molecule has 0 aliphatic rings. The molecule has 3 rings (SSSR count). The highest BCUT2D eigenvalue weighted by atomic mass is 16.5. The minimum atomic E-state index is 0.645. The van der Waals surface area contributed by atoms with Crippen molar-refractivity contribution in [1.29, 1.82) is 0 Å². The van der Waals surface area contributed by atoms with Gasteiger partial charge >= 0.3 is 0 Å². The van der Waals surface area contributed by atoms with Gasteiger partial charge in [0.05, 0.1) is 6.54 Å². The zero-order valence-corrected chi connectivity index (χ0v) is 11.8. The van der Waals surface area contributed by atoms with Crippen molar-refractivity contribution in [3.63, 3.8) is 0 Å². The molecule has 20 heavy (non-hydrogen) atoms. The number of aromatic nitrogens is 2. The standard InChI is InChI=1S/C17H18N2O/c1-13-8-9-14(2)19(13)11-12-20-16-7-3-5-15-6-4-10-18-17(15)16/h3-10H,11-12H2,1-2H3. The molecule has 2 aromatic heterocycles. The number of pyridine rings is 1. The van der Waals surface area contributed by atoms with Crippen LogP contribution in [0.5, 0.6) is 5.75 Å². The third-order valence-electron chi connectivity index (χ3n) is 3.59. The van der Waals surface area contributed by atoms with Crippen molar-refractivity contribution >= 4 is 10.9 Å². The van der Waals surface area contributed by atoms with Crippen LogP contribution in [-0.2, 0) is 6.54 Å². The normalized spacial score (nSPS) is 10.9. The van der Waals surface area contributed by atoms with Crippen molar-refractivity contribution in [2.45, 2.75) is 20.4 Å². The molecule has 0 bridgehead atoms. The molecule has 0 fully saturated rings. The molecule has 3 nitrogen and oxygen atoms in total. The van der Waals surface area contributed by atoms with E-state index in [1.807, 2.05) is 18.2 Å². The van der Waals surface area contributed by atoms with Crippen molar-refractivity contribution in [2.75, 3.05) is 6.61 Å². The first-order valence-corrected chi connectivity index (χ1v) is 6.85. The van der Waals surface area contributed by atoms with Crippen molar-refractivity contribution < 1.29 is 4.74 Å². The second-order valence-electron chi connectivity index (χ2n) is 4.95. The average molecular weight is 266 g/mol. The predicted molar refractivity (Wildman–Crippen MR) is 81.1 cm³/mol. The van der Waals surface area contributed by atoms with Crippen molar-refractivity contribution in [1.82, 2.24) is 9.55 Å². The van der Waals surface area contributed by atoms with Gasteiger partial charge in [-0.2, -0.15) is 0 Å². The molecule has 1 aromatic carbocycles. The molecule has 0 saturated carbocycles. The molecule has 0 amide bonds. The molecule has 0 radical (unpaired) electrons. The van der Waals surface area contributed by atoms with Crippen LogP contribution in [0.4, 0.5) is 0 Å². The van der Waals surface area contributed by atoms with Crippen LogP contribution in [0.3, 0.4) is 0 Å². The SMILES string of the molecule is Cc1ccc(C)n1CCOc1cccc2cccnc12. The molecular weight excluding hydrogens is 248 g/mol. The van der Waals surface area contributed by atoms with Gasteiger partial charge in [0, 0.05) is 23.0 Å². The number of hydrogen-bond donors (Lipinski definition) is 0. The number of ether oxygens (including phenoxy) is 1. The molecule has 0 atom stereocenters. The van der Waals surface area contributed by atoms with Crippen LogP contribution in [0.2, 0.25) is 0 Å². The number of para-hydroxylation sites is 1. The topological polar surface area (TPSA) is 27.1 Å². The Bertz CT molecular complexity index is 706. The number of aryl methyl sites for hydroxylation is 2. The van der Waals surface area contributed by atoms with Gasteiger partial charge < -0.3 is 9.30 Å². The maximum atomic E-state index is 5.92. The van der Waals surface area contributed by atoms with E-state index in [0.717, 1.165) is 23.2 Å². The van der Waals surface area contributed by atoms with E-state index in [0.29, 0.717) is 6.61 Å². The lowest BCUT2D eigenvalue weighted by atomic mass is 10.2. The second kappa shape index (κ2) is 5.37. The number of rotatable bonds is 4. The fraction of sp³-hybridized carbons (Fsp3) is 0.235. The Labute approximate surface area is 118 Å². The summed E-state index contributed by atoms with van der Waals surface area (Å²) in [6.45, 7) is 5.73. The van der Waals surface area contributed by atoms with Crippen LogP contribution < -0.4 is 4.74 Å². The van der Waals surface area contributed by atoms with E-state index in [1.165, 1.54) is 11.4 Å². The Morgan fingerprint density at radius 1 is 1.00 bits per heavy atom. The molecule has 0 aliphatic carbocycles. The van der Waals surface area contributed by atoms with Crippen LogP contribution in [0.15, 0.2) is 48.7 Å². The van der Waals surface area contributed by atoms with Gasteiger partial charge in [0.15, 0.2) is 0 Å². The maximum absolute atomic E-state index is 5.92. The van der Waals surface area contributed by atoms with Crippen molar-refractivity contribution in [2.24, 2.45) is 0 Å². The molecule has 0 saturated heterocycles. The van der Waals surface area contributed by atoms with Gasteiger partial charge in [-0.1, -0.05) is 18.2 Å². The molecule has 102 valence electrons. The quantitative estimate of drug-likeness (QED) is 0.719. The Morgan fingerprint density at radius 2 is 1.75 bits per heavy atom. The fourth-order valence-electron chi connectivity index (χ4n) is 2.49. The lowest BCUT2D eigenvalue weighted by molar-refractivity contribution is 0.299. The smallest absolute Gasteiger partial charge is 0.145 e. The highest BCUT2D eigenvalue weighted by Gasteiger charge is 2.04. The van der Waals surface area contributed by atoms with Gasteiger partial charge in [-0.25, -0.2) is 0 Å². The lowest BCUT2D eigenvalue weighted by Gasteiger charge is -2.12. The second-order valence-corrected chi connectivity index (χ2v) is 4.95. The zero-order valence-electron chi connectivity index (χ0n) is 11.8. The van der Waals surface area contributed by atoms with Gasteiger partial charge in [0.1, 0.15) is 17.9 Å². The van der Waals surface area contributed by atoms with E-state index < -0.39 is 0 Å². The summed E-state index contributed by atoms with van der Waals surface area (Å²) in [6, 6.07) is 14.3.